The molecule has 0 bridgehead atoms. The second-order valence-corrected chi connectivity index (χ2v) is 5.61. The van der Waals surface area contributed by atoms with Crippen molar-refractivity contribution in [3.63, 3.8) is 0 Å². The van der Waals surface area contributed by atoms with E-state index >= 15 is 0 Å². The van der Waals surface area contributed by atoms with Crippen LogP contribution in [0.15, 0.2) is 18.3 Å². The lowest BCUT2D eigenvalue weighted by Gasteiger charge is -2.14. The number of anilines is 1. The molecule has 1 aromatic rings. The van der Waals surface area contributed by atoms with Gasteiger partial charge in [0.2, 0.25) is 0 Å². The van der Waals surface area contributed by atoms with Crippen LogP contribution in [0.5, 0.6) is 0 Å². The predicted molar refractivity (Wildman–Crippen MR) is 77.6 cm³/mol. The highest BCUT2D eigenvalue weighted by molar-refractivity contribution is 5.73. The molecule has 20 heavy (non-hydrogen) atoms. The van der Waals surface area contributed by atoms with Crippen LogP contribution in [0.3, 0.4) is 0 Å². The van der Waals surface area contributed by atoms with Crippen molar-refractivity contribution in [1.82, 2.24) is 15.6 Å². The molecule has 1 heterocycles. The van der Waals surface area contributed by atoms with Crippen molar-refractivity contribution in [2.45, 2.75) is 19.4 Å². The normalized spacial score (nSPS) is 15.6. The Kier molecular flexibility index (Phi) is 4.44. The van der Waals surface area contributed by atoms with Crippen LogP contribution in [0.4, 0.5) is 10.6 Å². The van der Waals surface area contributed by atoms with E-state index < -0.39 is 0 Å². The van der Waals surface area contributed by atoms with Crippen molar-refractivity contribution >= 4 is 11.8 Å². The van der Waals surface area contributed by atoms with Gasteiger partial charge in [0.25, 0.3) is 0 Å². The van der Waals surface area contributed by atoms with Crippen LogP contribution < -0.4 is 15.5 Å². The number of aromatic nitrogens is 1. The van der Waals surface area contributed by atoms with Crippen molar-refractivity contribution in [2.24, 2.45) is 5.41 Å². The molecule has 0 spiro atoms. The number of amides is 2. The first-order valence-corrected chi connectivity index (χ1v) is 6.79. The minimum atomic E-state index is -0.201. The Morgan fingerprint density at radius 3 is 2.80 bits per heavy atom. The number of carbonyl (C=O) groups excluding carboxylic acids is 1. The molecule has 1 aromatic heterocycles. The minimum Gasteiger partial charge on any atom is -0.396 e. The fourth-order valence-electron chi connectivity index (χ4n) is 1.90. The van der Waals surface area contributed by atoms with Crippen LogP contribution >= 0.6 is 0 Å². The van der Waals surface area contributed by atoms with E-state index in [-0.39, 0.29) is 18.1 Å². The topological polar surface area (TPSA) is 77.5 Å². The minimum absolute atomic E-state index is 0.0634. The van der Waals surface area contributed by atoms with Gasteiger partial charge >= 0.3 is 6.03 Å². The van der Waals surface area contributed by atoms with Crippen LogP contribution in [0.2, 0.25) is 0 Å². The molecule has 6 nitrogen and oxygen atoms in total. The Morgan fingerprint density at radius 2 is 2.20 bits per heavy atom. The van der Waals surface area contributed by atoms with Gasteiger partial charge in [-0.2, -0.15) is 0 Å². The maximum absolute atomic E-state index is 11.7. The Bertz CT molecular complexity index is 472. The van der Waals surface area contributed by atoms with E-state index in [4.69, 9.17) is 0 Å². The Labute approximate surface area is 119 Å². The Balaban J connectivity index is 1.77. The molecular weight excluding hydrogens is 256 g/mol. The van der Waals surface area contributed by atoms with Crippen molar-refractivity contribution in [1.29, 1.82) is 0 Å². The van der Waals surface area contributed by atoms with Crippen LogP contribution in [-0.4, -0.2) is 43.4 Å². The summed E-state index contributed by atoms with van der Waals surface area (Å²) >= 11 is 0. The lowest BCUT2D eigenvalue weighted by molar-refractivity contribution is 0.203. The van der Waals surface area contributed by atoms with Crippen LogP contribution in [0, 0.1) is 5.41 Å². The van der Waals surface area contributed by atoms with Gasteiger partial charge in [0.05, 0.1) is 6.61 Å². The van der Waals surface area contributed by atoms with Crippen molar-refractivity contribution in [2.75, 3.05) is 32.1 Å². The van der Waals surface area contributed by atoms with Crippen LogP contribution in [0.25, 0.3) is 0 Å². The summed E-state index contributed by atoms with van der Waals surface area (Å²) in [5.74, 6) is 0.863. The second-order valence-electron chi connectivity index (χ2n) is 5.61. The predicted octanol–water partition coefficient (Wildman–Crippen LogP) is 0.719. The number of hydrogen-bond acceptors (Lipinski definition) is 4. The highest BCUT2D eigenvalue weighted by atomic mass is 16.3. The molecular formula is C14H22N4O2. The lowest BCUT2D eigenvalue weighted by atomic mass is 10.1. The summed E-state index contributed by atoms with van der Waals surface area (Å²) in [5, 5.41) is 14.8. The number of nitrogens with one attached hydrogen (secondary N) is 2. The third-order valence-corrected chi connectivity index (χ3v) is 3.64. The molecule has 3 N–H and O–H groups in total. The largest absolute Gasteiger partial charge is 0.396 e. The summed E-state index contributed by atoms with van der Waals surface area (Å²) in [6.45, 7) is 1.14. The van der Waals surface area contributed by atoms with E-state index in [0.29, 0.717) is 13.1 Å². The van der Waals surface area contributed by atoms with Gasteiger partial charge in [-0.05, 0) is 30.5 Å². The molecule has 1 fully saturated rings. The molecule has 2 rings (SSSR count). The molecule has 0 unspecified atom stereocenters. The Hall–Kier alpha value is -1.82. The van der Waals surface area contributed by atoms with E-state index in [1.807, 2.05) is 31.1 Å². The number of aliphatic hydroxyl groups is 1. The average Bonchev–Trinajstić information content (AvgIpc) is 3.24. The molecule has 1 aliphatic rings. The number of aliphatic hydroxyl groups excluding tert-OH is 1. The van der Waals surface area contributed by atoms with Gasteiger partial charge in [0.1, 0.15) is 5.82 Å². The number of urea groups is 1. The summed E-state index contributed by atoms with van der Waals surface area (Å²) in [6.07, 6.45) is 3.70. The summed E-state index contributed by atoms with van der Waals surface area (Å²) in [6, 6.07) is 3.62. The third-order valence-electron chi connectivity index (χ3n) is 3.64. The van der Waals surface area contributed by atoms with Gasteiger partial charge in [0, 0.05) is 38.8 Å². The number of rotatable bonds is 6. The molecule has 0 aromatic carbocycles. The third kappa shape index (κ3) is 3.84. The molecule has 1 saturated carbocycles. The first-order chi connectivity index (χ1) is 9.54. The van der Waals surface area contributed by atoms with E-state index in [0.717, 1.165) is 24.2 Å². The quantitative estimate of drug-likeness (QED) is 0.716. The first kappa shape index (κ1) is 14.6. The molecule has 0 aliphatic heterocycles. The number of nitrogens with zero attached hydrogens (tertiary/aromatic N) is 2. The fourth-order valence-corrected chi connectivity index (χ4v) is 1.90. The smallest absolute Gasteiger partial charge is 0.315 e. The summed E-state index contributed by atoms with van der Waals surface area (Å²) < 4.78 is 0. The zero-order valence-electron chi connectivity index (χ0n) is 12.0. The summed E-state index contributed by atoms with van der Waals surface area (Å²) in [7, 11) is 3.85. The lowest BCUT2D eigenvalue weighted by Crippen LogP contribution is -2.39. The zero-order chi connectivity index (χ0) is 14.6. The fraction of sp³-hybridized carbons (Fsp3) is 0.571. The highest BCUT2D eigenvalue weighted by Gasteiger charge is 2.42. The number of carbonyl (C=O) groups is 1. The molecule has 2 amide bonds. The van der Waals surface area contributed by atoms with E-state index in [1.54, 1.807) is 6.20 Å². The van der Waals surface area contributed by atoms with Gasteiger partial charge in [-0.15, -0.1) is 0 Å². The molecule has 0 atom stereocenters. The maximum Gasteiger partial charge on any atom is 0.315 e. The standard InChI is InChI=1S/C14H22N4O2/c1-18(2)12-7-11(3-6-15-12)8-16-13(20)17-9-14(10-19)4-5-14/h3,6-7,19H,4-5,8-10H2,1-2H3,(H2,16,17,20). The first-order valence-electron chi connectivity index (χ1n) is 6.79. The van der Waals surface area contributed by atoms with Crippen LogP contribution in [0.1, 0.15) is 18.4 Å². The average molecular weight is 278 g/mol. The molecule has 110 valence electrons. The van der Waals surface area contributed by atoms with Gasteiger partial charge in [-0.1, -0.05) is 0 Å². The molecule has 1 aliphatic carbocycles. The number of hydrogen-bond donors (Lipinski definition) is 3. The van der Waals surface area contributed by atoms with E-state index in [9.17, 15) is 9.90 Å². The van der Waals surface area contributed by atoms with Gasteiger partial charge in [-0.25, -0.2) is 9.78 Å². The monoisotopic (exact) mass is 278 g/mol. The zero-order valence-corrected chi connectivity index (χ0v) is 12.0. The summed E-state index contributed by atoms with van der Waals surface area (Å²) in [4.78, 5) is 17.8. The van der Waals surface area contributed by atoms with Crippen LogP contribution in [-0.2, 0) is 6.54 Å². The highest BCUT2D eigenvalue weighted by Crippen LogP contribution is 2.44. The van der Waals surface area contributed by atoms with Crippen molar-refractivity contribution in [3.8, 4) is 0 Å². The summed E-state index contributed by atoms with van der Waals surface area (Å²) in [5.41, 5.74) is 0.939. The second kappa shape index (κ2) is 6.09. The SMILES string of the molecule is CN(C)c1cc(CNC(=O)NCC2(CO)CC2)ccn1. The molecule has 0 saturated heterocycles. The molecule has 6 heteroatoms. The van der Waals surface area contributed by atoms with Gasteiger partial charge in [0.15, 0.2) is 0 Å². The van der Waals surface area contributed by atoms with E-state index in [1.165, 1.54) is 0 Å². The number of pyridine rings is 1. The maximum atomic E-state index is 11.7. The molecule has 0 radical (unpaired) electrons. The van der Waals surface area contributed by atoms with Crippen molar-refractivity contribution in [3.05, 3.63) is 23.9 Å². The van der Waals surface area contributed by atoms with Crippen molar-refractivity contribution < 1.29 is 9.90 Å². The van der Waals surface area contributed by atoms with Gasteiger partial charge < -0.3 is 20.6 Å². The van der Waals surface area contributed by atoms with Gasteiger partial charge in [-0.3, -0.25) is 0 Å². The Morgan fingerprint density at radius 1 is 1.45 bits per heavy atom. The van der Waals surface area contributed by atoms with E-state index in [2.05, 4.69) is 15.6 Å².